The summed E-state index contributed by atoms with van der Waals surface area (Å²) in [6, 6.07) is 2.59. The van der Waals surface area contributed by atoms with Gasteiger partial charge in [0, 0.05) is 6.07 Å². The van der Waals surface area contributed by atoms with E-state index in [1.807, 2.05) is 0 Å². The molecule has 29 heavy (non-hydrogen) atoms. The number of phosphoric ester groups is 1. The Balaban J connectivity index is 1.66. The minimum atomic E-state index is -3.86. The molecule has 2 aliphatic rings. The third-order valence-corrected chi connectivity index (χ3v) is 6.58. The number of amides is 1. The van der Waals surface area contributed by atoms with E-state index >= 15 is 0 Å². The largest absolute Gasteiger partial charge is 0.475 e. The quantitative estimate of drug-likeness (QED) is 0.378. The lowest BCUT2D eigenvalue weighted by Crippen LogP contribution is -2.47. The van der Waals surface area contributed by atoms with Crippen LogP contribution in [0.25, 0.3) is 0 Å². The topological polar surface area (TPSA) is 141 Å². The number of nitrogens with zero attached hydrogens (tertiary/aromatic N) is 1. The van der Waals surface area contributed by atoms with Crippen molar-refractivity contribution in [3.8, 4) is 0 Å². The second-order valence-corrected chi connectivity index (χ2v) is 9.40. The summed E-state index contributed by atoms with van der Waals surface area (Å²) in [5, 5.41) is 21.5. The van der Waals surface area contributed by atoms with Crippen molar-refractivity contribution in [2.24, 2.45) is 5.73 Å². The van der Waals surface area contributed by atoms with E-state index in [-0.39, 0.29) is 12.2 Å². The maximum Gasteiger partial charge on any atom is 0.475 e. The molecular weight excluding hydrogens is 403 g/mol. The number of aliphatic hydroxyl groups is 2. The number of carbonyl (C=O) groups is 1. The number of nitrogens with two attached hydrogens (primary N) is 1. The van der Waals surface area contributed by atoms with Gasteiger partial charge >= 0.3 is 7.82 Å². The molecule has 10 nitrogen and oxygen atoms in total. The number of hydrogen-bond donors (Lipinski definition) is 3. The molecule has 11 heteroatoms. The zero-order chi connectivity index (χ0) is 21.6. The van der Waals surface area contributed by atoms with Crippen molar-refractivity contribution >= 4 is 13.7 Å². The molecule has 5 atom stereocenters. The fourth-order valence-corrected chi connectivity index (χ4v) is 5.07. The lowest BCUT2D eigenvalue weighted by atomic mass is 10.1. The van der Waals surface area contributed by atoms with Crippen molar-refractivity contribution in [3.05, 3.63) is 30.1 Å². The summed E-state index contributed by atoms with van der Waals surface area (Å²) in [6.07, 6.45) is -0.581. The Morgan fingerprint density at radius 1 is 1.34 bits per heavy atom. The second kappa shape index (κ2) is 8.03. The van der Waals surface area contributed by atoms with Crippen molar-refractivity contribution in [2.45, 2.75) is 69.9 Å². The number of aromatic nitrogens is 1. The minimum Gasteiger partial charge on any atom is -0.387 e. The molecule has 162 valence electrons. The van der Waals surface area contributed by atoms with Crippen molar-refractivity contribution in [1.29, 1.82) is 0 Å². The van der Waals surface area contributed by atoms with Crippen LogP contribution in [0.5, 0.6) is 0 Å². The summed E-state index contributed by atoms with van der Waals surface area (Å²) in [4.78, 5) is 11.4. The molecule has 1 aliphatic heterocycles. The van der Waals surface area contributed by atoms with E-state index in [9.17, 15) is 19.6 Å². The molecule has 1 aliphatic carbocycles. The standard InChI is InChI=1S/C18H27N2O8P/c1-10(2)27-29(24,28-11(3)4)25-9-13-15(21)18(23)14(16(18)26-13)20-7-5-6-12(8-20)17(19)22/h5-8,10-11,13-16,21,23H,9H2,1-4H3,(H-,19,22)/p+1/t13?,14?,15-,16+,18-/m1/s1. The fraction of sp³-hybridized carbons (Fsp3) is 0.667. The zero-order valence-electron chi connectivity index (χ0n) is 16.8. The summed E-state index contributed by atoms with van der Waals surface area (Å²) in [5.41, 5.74) is 4.00. The van der Waals surface area contributed by atoms with E-state index in [2.05, 4.69) is 0 Å². The van der Waals surface area contributed by atoms with Gasteiger partial charge in [0.05, 0.1) is 18.8 Å². The lowest BCUT2D eigenvalue weighted by molar-refractivity contribution is -0.711. The first-order valence-electron chi connectivity index (χ1n) is 9.46. The van der Waals surface area contributed by atoms with E-state index in [4.69, 9.17) is 24.0 Å². The zero-order valence-corrected chi connectivity index (χ0v) is 17.7. The predicted molar refractivity (Wildman–Crippen MR) is 99.8 cm³/mol. The Labute approximate surface area is 169 Å². The van der Waals surface area contributed by atoms with Crippen LogP contribution in [0, 0.1) is 0 Å². The van der Waals surface area contributed by atoms with Gasteiger partial charge in [0.25, 0.3) is 5.91 Å². The number of carbonyl (C=O) groups excluding carboxylic acids is 1. The number of primary amides is 1. The summed E-state index contributed by atoms with van der Waals surface area (Å²) in [5.74, 6) is -0.601. The number of ether oxygens (including phenoxy) is 1. The van der Waals surface area contributed by atoms with Crippen LogP contribution in [0.15, 0.2) is 24.5 Å². The van der Waals surface area contributed by atoms with Crippen LogP contribution in [0.1, 0.15) is 44.1 Å². The number of fused-ring (bicyclic) bond motifs is 1. The van der Waals surface area contributed by atoms with E-state index < -0.39 is 55.9 Å². The van der Waals surface area contributed by atoms with Crippen LogP contribution in [-0.4, -0.2) is 58.8 Å². The number of hydrogen-bond acceptors (Lipinski definition) is 8. The third-order valence-electron chi connectivity index (χ3n) is 4.76. The first-order valence-corrected chi connectivity index (χ1v) is 10.9. The Bertz CT molecular complexity index is 805. The Hall–Kier alpha value is -1.39. The predicted octanol–water partition coefficient (Wildman–Crippen LogP) is 0.462. The number of pyridine rings is 1. The molecular formula is C18H28N2O8P+. The molecule has 1 aromatic heterocycles. The lowest BCUT2D eigenvalue weighted by Gasteiger charge is -2.25. The Morgan fingerprint density at radius 3 is 2.45 bits per heavy atom. The highest BCUT2D eigenvalue weighted by Crippen LogP contribution is 2.57. The van der Waals surface area contributed by atoms with Crippen LogP contribution < -0.4 is 10.3 Å². The smallest absolute Gasteiger partial charge is 0.387 e. The summed E-state index contributed by atoms with van der Waals surface area (Å²) < 4.78 is 36.0. The van der Waals surface area contributed by atoms with Crippen LogP contribution in [0.2, 0.25) is 0 Å². The number of aliphatic hydroxyl groups excluding tert-OH is 1. The maximum atomic E-state index is 12.7. The highest BCUT2D eigenvalue weighted by atomic mass is 31.2. The third kappa shape index (κ3) is 4.39. The fourth-order valence-electron chi connectivity index (χ4n) is 3.54. The van der Waals surface area contributed by atoms with Gasteiger partial charge in [-0.15, -0.1) is 0 Å². The molecule has 0 aromatic carbocycles. The molecule has 0 spiro atoms. The normalized spacial score (nSPS) is 31.3. The van der Waals surface area contributed by atoms with E-state index in [0.717, 1.165) is 0 Å². The molecule has 1 aromatic rings. The van der Waals surface area contributed by atoms with Gasteiger partial charge in [-0.2, -0.15) is 4.57 Å². The van der Waals surface area contributed by atoms with E-state index in [0.29, 0.717) is 0 Å². The van der Waals surface area contributed by atoms with Crippen LogP contribution in [-0.2, 0) is 22.9 Å². The Kier molecular flexibility index (Phi) is 6.18. The van der Waals surface area contributed by atoms with Gasteiger partial charge in [-0.1, -0.05) is 0 Å². The summed E-state index contributed by atoms with van der Waals surface area (Å²) >= 11 is 0. The highest BCUT2D eigenvalue weighted by Gasteiger charge is 2.82. The average molecular weight is 431 g/mol. The number of phosphoric acid groups is 1. The van der Waals surface area contributed by atoms with Crippen molar-refractivity contribution in [2.75, 3.05) is 6.61 Å². The van der Waals surface area contributed by atoms with Gasteiger partial charge in [0.2, 0.25) is 6.04 Å². The van der Waals surface area contributed by atoms with Gasteiger partial charge in [0.15, 0.2) is 24.1 Å². The van der Waals surface area contributed by atoms with Gasteiger partial charge < -0.3 is 20.7 Å². The van der Waals surface area contributed by atoms with Crippen molar-refractivity contribution in [3.63, 3.8) is 0 Å². The molecule has 1 saturated carbocycles. The van der Waals surface area contributed by atoms with E-state index in [1.54, 1.807) is 50.6 Å². The molecule has 3 rings (SSSR count). The highest BCUT2D eigenvalue weighted by molar-refractivity contribution is 7.48. The molecule has 4 N–H and O–H groups in total. The molecule has 2 unspecified atom stereocenters. The molecule has 0 bridgehead atoms. The van der Waals surface area contributed by atoms with Gasteiger partial charge in [-0.05, 0) is 33.8 Å². The second-order valence-electron chi connectivity index (χ2n) is 7.83. The van der Waals surface area contributed by atoms with Crippen molar-refractivity contribution < 1.29 is 42.4 Å². The number of rotatable bonds is 9. The molecule has 1 saturated heterocycles. The first-order chi connectivity index (χ1) is 13.5. The molecule has 0 radical (unpaired) electrons. The van der Waals surface area contributed by atoms with Gasteiger partial charge in [-0.25, -0.2) is 4.57 Å². The van der Waals surface area contributed by atoms with Crippen molar-refractivity contribution in [1.82, 2.24) is 0 Å². The SMILES string of the molecule is CC(C)OP(=O)(OCC1O[C@H]2C([n+]3cccc(C(N)=O)c3)[C@@]2(O)[C@@H]1O)OC(C)C. The molecule has 2 heterocycles. The van der Waals surface area contributed by atoms with E-state index in [1.165, 1.54) is 6.20 Å². The summed E-state index contributed by atoms with van der Waals surface area (Å²) in [6.45, 7) is 6.50. The average Bonchev–Trinajstić information content (AvgIpc) is 3.12. The monoisotopic (exact) mass is 431 g/mol. The minimum absolute atomic E-state index is 0.271. The van der Waals surface area contributed by atoms with Crippen LogP contribution >= 0.6 is 7.82 Å². The Morgan fingerprint density at radius 2 is 1.97 bits per heavy atom. The first kappa shape index (κ1) is 22.3. The van der Waals surface area contributed by atoms with Crippen LogP contribution in [0.4, 0.5) is 0 Å². The molecule has 2 fully saturated rings. The maximum absolute atomic E-state index is 12.7. The van der Waals surface area contributed by atoms with Gasteiger partial charge in [-0.3, -0.25) is 18.4 Å². The van der Waals surface area contributed by atoms with Crippen LogP contribution in [0.3, 0.4) is 0 Å². The summed E-state index contributed by atoms with van der Waals surface area (Å²) in [7, 11) is -3.86. The van der Waals surface area contributed by atoms with Gasteiger partial charge in [0.1, 0.15) is 17.8 Å². The molecule has 1 amide bonds.